The van der Waals surface area contributed by atoms with Gasteiger partial charge in [0.05, 0.1) is 29.8 Å². The van der Waals surface area contributed by atoms with Crippen LogP contribution in [0.2, 0.25) is 0 Å². The van der Waals surface area contributed by atoms with Crippen LogP contribution in [0.15, 0.2) is 42.6 Å². The average molecular weight is 392 g/mol. The number of nitrogens with zero attached hydrogens (tertiary/aromatic N) is 1. The van der Waals surface area contributed by atoms with Gasteiger partial charge >= 0.3 is 6.18 Å². The Morgan fingerprint density at radius 2 is 2.07 bits per heavy atom. The van der Waals surface area contributed by atoms with Crippen molar-refractivity contribution in [3.8, 4) is 0 Å². The minimum Gasteiger partial charge on any atom is -0.390 e. The van der Waals surface area contributed by atoms with Gasteiger partial charge in [-0.05, 0) is 42.8 Å². The minimum absolute atomic E-state index is 0.0572. The van der Waals surface area contributed by atoms with Gasteiger partial charge in [-0.15, -0.1) is 0 Å². The first-order chi connectivity index (χ1) is 13.2. The van der Waals surface area contributed by atoms with E-state index < -0.39 is 35.8 Å². The second kappa shape index (κ2) is 6.86. The van der Waals surface area contributed by atoms with Gasteiger partial charge in [0.25, 0.3) is 0 Å². The van der Waals surface area contributed by atoms with E-state index in [9.17, 15) is 23.1 Å². The van der Waals surface area contributed by atoms with Gasteiger partial charge in [-0.1, -0.05) is 6.07 Å². The van der Waals surface area contributed by atoms with Crippen LogP contribution in [0.4, 0.5) is 18.9 Å². The molecule has 4 rings (SSSR count). The lowest BCUT2D eigenvalue weighted by Crippen LogP contribution is -2.42. The van der Waals surface area contributed by atoms with Crippen molar-refractivity contribution in [2.45, 2.75) is 43.8 Å². The van der Waals surface area contributed by atoms with Gasteiger partial charge in [0.15, 0.2) is 0 Å². The maximum Gasteiger partial charge on any atom is 0.416 e. The highest BCUT2D eigenvalue weighted by molar-refractivity contribution is 5.94. The standard InChI is InChI=1S/C20H19F3N2O3/c1-10-7-11(5-6-24-10)16-15-9-14(26)18(28-15)17(16)19(27)25-13-4-2-3-12(8-13)20(21,22)23/h2-8,14-18,26H,9H2,1H3,(H,25,27). The summed E-state index contributed by atoms with van der Waals surface area (Å²) in [6, 6.07) is 8.17. The number of halogens is 3. The summed E-state index contributed by atoms with van der Waals surface area (Å²) in [4.78, 5) is 17.1. The highest BCUT2D eigenvalue weighted by Gasteiger charge is 2.57. The van der Waals surface area contributed by atoms with Gasteiger partial charge in [-0.2, -0.15) is 13.2 Å². The molecule has 2 aliphatic heterocycles. The number of amides is 1. The van der Waals surface area contributed by atoms with Crippen LogP contribution in [-0.4, -0.2) is 34.3 Å². The van der Waals surface area contributed by atoms with Crippen molar-refractivity contribution in [3.63, 3.8) is 0 Å². The molecule has 28 heavy (non-hydrogen) atoms. The number of aromatic nitrogens is 1. The summed E-state index contributed by atoms with van der Waals surface area (Å²) in [5.41, 5.74) is 0.881. The number of hydrogen-bond donors (Lipinski definition) is 2. The van der Waals surface area contributed by atoms with Crippen LogP contribution in [0.3, 0.4) is 0 Å². The number of fused-ring (bicyclic) bond motifs is 2. The van der Waals surface area contributed by atoms with Gasteiger partial charge in [-0.3, -0.25) is 9.78 Å². The van der Waals surface area contributed by atoms with Crippen molar-refractivity contribution >= 4 is 11.6 Å². The molecule has 2 bridgehead atoms. The number of hydrogen-bond acceptors (Lipinski definition) is 4. The SMILES string of the molecule is Cc1cc(C2C3CC(O)C(O3)C2C(=O)Nc2cccc(C(F)(F)F)c2)ccn1. The molecule has 1 aromatic heterocycles. The van der Waals surface area contributed by atoms with Crippen LogP contribution in [-0.2, 0) is 15.7 Å². The fourth-order valence-corrected chi connectivity index (χ4v) is 4.22. The zero-order valence-electron chi connectivity index (χ0n) is 15.0. The Labute approximate surface area is 159 Å². The van der Waals surface area contributed by atoms with Gasteiger partial charge in [-0.25, -0.2) is 0 Å². The van der Waals surface area contributed by atoms with Crippen molar-refractivity contribution in [2.75, 3.05) is 5.32 Å². The van der Waals surface area contributed by atoms with Crippen molar-refractivity contribution in [1.82, 2.24) is 4.98 Å². The molecule has 5 nitrogen and oxygen atoms in total. The number of benzene rings is 1. The van der Waals surface area contributed by atoms with E-state index in [-0.39, 0.29) is 17.7 Å². The fourth-order valence-electron chi connectivity index (χ4n) is 4.22. The maximum absolute atomic E-state index is 13.0. The molecule has 5 unspecified atom stereocenters. The first-order valence-corrected chi connectivity index (χ1v) is 8.98. The Morgan fingerprint density at radius 3 is 2.79 bits per heavy atom. The Balaban J connectivity index is 1.61. The zero-order chi connectivity index (χ0) is 20.1. The monoisotopic (exact) mass is 392 g/mol. The number of ether oxygens (including phenoxy) is 1. The number of pyridine rings is 1. The summed E-state index contributed by atoms with van der Waals surface area (Å²) in [7, 11) is 0. The number of rotatable bonds is 3. The third-order valence-corrected chi connectivity index (χ3v) is 5.39. The van der Waals surface area contributed by atoms with E-state index in [1.807, 2.05) is 13.0 Å². The van der Waals surface area contributed by atoms with Crippen LogP contribution in [0.5, 0.6) is 0 Å². The molecule has 0 aliphatic carbocycles. The highest BCUT2D eigenvalue weighted by Crippen LogP contribution is 2.49. The van der Waals surface area contributed by atoms with Gasteiger partial charge in [0, 0.05) is 29.9 Å². The second-order valence-corrected chi connectivity index (χ2v) is 7.29. The van der Waals surface area contributed by atoms with E-state index in [0.717, 1.165) is 23.4 Å². The highest BCUT2D eigenvalue weighted by atomic mass is 19.4. The molecule has 2 aromatic rings. The lowest BCUT2D eigenvalue weighted by molar-refractivity contribution is -0.137. The third kappa shape index (κ3) is 3.38. The molecule has 2 saturated heterocycles. The van der Waals surface area contributed by atoms with E-state index in [2.05, 4.69) is 10.3 Å². The first-order valence-electron chi connectivity index (χ1n) is 8.98. The van der Waals surface area contributed by atoms with Gasteiger partial charge in [0.2, 0.25) is 5.91 Å². The number of aryl methyl sites for hydroxylation is 1. The summed E-state index contributed by atoms with van der Waals surface area (Å²) in [5, 5.41) is 12.8. The Morgan fingerprint density at radius 1 is 1.29 bits per heavy atom. The number of carbonyl (C=O) groups excluding carboxylic acids is 1. The first kappa shape index (κ1) is 18.9. The Kier molecular flexibility index (Phi) is 4.63. The number of anilines is 1. The molecule has 2 N–H and O–H groups in total. The molecule has 148 valence electrons. The lowest BCUT2D eigenvalue weighted by atomic mass is 9.74. The molecule has 0 radical (unpaired) electrons. The van der Waals surface area contributed by atoms with Crippen molar-refractivity contribution in [1.29, 1.82) is 0 Å². The van der Waals surface area contributed by atoms with Crippen molar-refractivity contribution in [3.05, 3.63) is 59.4 Å². The molecular weight excluding hydrogens is 373 g/mol. The molecule has 2 aliphatic rings. The van der Waals surface area contributed by atoms with Gasteiger partial charge in [0.1, 0.15) is 0 Å². The molecule has 3 heterocycles. The van der Waals surface area contributed by atoms with E-state index in [1.165, 1.54) is 12.1 Å². The Bertz CT molecular complexity index is 902. The summed E-state index contributed by atoms with van der Waals surface area (Å²) >= 11 is 0. The van der Waals surface area contributed by atoms with Crippen LogP contribution in [0.25, 0.3) is 0 Å². The molecule has 0 spiro atoms. The number of aliphatic hydroxyl groups is 1. The second-order valence-electron chi connectivity index (χ2n) is 7.29. The summed E-state index contributed by atoms with van der Waals surface area (Å²) in [6.07, 6.45) is -4.21. The maximum atomic E-state index is 13.0. The Hall–Kier alpha value is -2.45. The molecular formula is C20H19F3N2O3. The number of nitrogens with one attached hydrogen (secondary N) is 1. The topological polar surface area (TPSA) is 71.5 Å². The molecule has 8 heteroatoms. The van der Waals surface area contributed by atoms with E-state index in [4.69, 9.17) is 4.74 Å². The van der Waals surface area contributed by atoms with Crippen LogP contribution >= 0.6 is 0 Å². The van der Waals surface area contributed by atoms with E-state index in [1.54, 1.807) is 12.3 Å². The molecule has 5 atom stereocenters. The number of aliphatic hydroxyl groups excluding tert-OH is 1. The average Bonchev–Trinajstić information content (AvgIpc) is 3.18. The van der Waals surface area contributed by atoms with E-state index in [0.29, 0.717) is 6.42 Å². The van der Waals surface area contributed by atoms with Crippen LogP contribution in [0, 0.1) is 12.8 Å². The van der Waals surface area contributed by atoms with Crippen molar-refractivity contribution in [2.24, 2.45) is 5.92 Å². The molecule has 1 amide bonds. The molecule has 1 aromatic carbocycles. The minimum atomic E-state index is -4.50. The van der Waals surface area contributed by atoms with Crippen LogP contribution in [0.1, 0.15) is 29.2 Å². The zero-order valence-corrected chi connectivity index (χ0v) is 15.0. The quantitative estimate of drug-likeness (QED) is 0.841. The van der Waals surface area contributed by atoms with Crippen LogP contribution < -0.4 is 5.32 Å². The summed E-state index contributed by atoms with van der Waals surface area (Å²) in [6.45, 7) is 1.84. The van der Waals surface area contributed by atoms with E-state index >= 15 is 0 Å². The third-order valence-electron chi connectivity index (χ3n) is 5.39. The number of carbonyl (C=O) groups is 1. The normalized spacial score (nSPS) is 29.1. The summed E-state index contributed by atoms with van der Waals surface area (Å²) < 4.78 is 44.6. The predicted octanol–water partition coefficient (Wildman–Crippen LogP) is 3.28. The smallest absolute Gasteiger partial charge is 0.390 e. The fraction of sp³-hybridized carbons (Fsp3) is 0.400. The lowest BCUT2D eigenvalue weighted by Gasteiger charge is -2.30. The number of alkyl halides is 3. The molecule has 2 fully saturated rings. The van der Waals surface area contributed by atoms with Gasteiger partial charge < -0.3 is 15.2 Å². The summed E-state index contributed by atoms with van der Waals surface area (Å²) in [5.74, 6) is -1.46. The van der Waals surface area contributed by atoms with Crippen molar-refractivity contribution < 1.29 is 27.8 Å². The molecule has 0 saturated carbocycles. The predicted molar refractivity (Wildman–Crippen MR) is 94.6 cm³/mol. The largest absolute Gasteiger partial charge is 0.416 e.